The minimum atomic E-state index is -0.558. The summed E-state index contributed by atoms with van der Waals surface area (Å²) in [5, 5.41) is 3.24. The SMILES string of the molecule is CNC1CCCCC1OCc1cc(C(N)=O)ccc1F. The van der Waals surface area contributed by atoms with Gasteiger partial charge in [-0.3, -0.25) is 4.79 Å². The molecule has 1 aliphatic carbocycles. The second-order valence-corrected chi connectivity index (χ2v) is 5.20. The van der Waals surface area contributed by atoms with E-state index in [1.54, 1.807) is 0 Å². The summed E-state index contributed by atoms with van der Waals surface area (Å²) in [5.41, 5.74) is 5.88. The van der Waals surface area contributed by atoms with Gasteiger partial charge in [0.15, 0.2) is 0 Å². The first-order valence-corrected chi connectivity index (χ1v) is 6.99. The summed E-state index contributed by atoms with van der Waals surface area (Å²) in [6.07, 6.45) is 4.46. The predicted octanol–water partition coefficient (Wildman–Crippen LogP) is 1.97. The maximum Gasteiger partial charge on any atom is 0.248 e. The van der Waals surface area contributed by atoms with Crippen molar-refractivity contribution in [3.05, 3.63) is 35.1 Å². The van der Waals surface area contributed by atoms with Gasteiger partial charge in [-0.15, -0.1) is 0 Å². The number of likely N-dealkylation sites (N-methyl/N-ethyl adjacent to an activating group) is 1. The molecule has 1 fully saturated rings. The van der Waals surface area contributed by atoms with Gasteiger partial charge < -0.3 is 15.8 Å². The number of rotatable bonds is 5. The number of primary amides is 1. The highest BCUT2D eigenvalue weighted by Gasteiger charge is 2.24. The van der Waals surface area contributed by atoms with Crippen LogP contribution in [0.5, 0.6) is 0 Å². The maximum atomic E-state index is 13.7. The molecular weight excluding hydrogens is 259 g/mol. The molecule has 3 N–H and O–H groups in total. The summed E-state index contributed by atoms with van der Waals surface area (Å²) in [4.78, 5) is 11.1. The minimum absolute atomic E-state index is 0.0883. The summed E-state index contributed by atoms with van der Waals surface area (Å²) in [5.74, 6) is -0.927. The van der Waals surface area contributed by atoms with Gasteiger partial charge in [-0.05, 0) is 38.1 Å². The van der Waals surface area contributed by atoms with Crippen molar-refractivity contribution in [2.75, 3.05) is 7.05 Å². The molecule has 20 heavy (non-hydrogen) atoms. The van der Waals surface area contributed by atoms with Crippen LogP contribution in [0.25, 0.3) is 0 Å². The lowest BCUT2D eigenvalue weighted by atomic mass is 9.92. The van der Waals surface area contributed by atoms with E-state index in [-0.39, 0.29) is 18.5 Å². The van der Waals surface area contributed by atoms with E-state index in [9.17, 15) is 9.18 Å². The van der Waals surface area contributed by atoms with E-state index in [2.05, 4.69) is 5.32 Å². The molecule has 4 nitrogen and oxygen atoms in total. The molecular formula is C15H21FN2O2. The van der Waals surface area contributed by atoms with Gasteiger partial charge in [-0.25, -0.2) is 4.39 Å². The largest absolute Gasteiger partial charge is 0.372 e. The zero-order valence-electron chi connectivity index (χ0n) is 11.7. The zero-order chi connectivity index (χ0) is 14.5. The van der Waals surface area contributed by atoms with Crippen molar-refractivity contribution in [1.29, 1.82) is 0 Å². The third kappa shape index (κ3) is 3.55. The Labute approximate surface area is 118 Å². The molecule has 110 valence electrons. The van der Waals surface area contributed by atoms with Gasteiger partial charge in [0.2, 0.25) is 5.91 Å². The maximum absolute atomic E-state index is 13.7. The Morgan fingerprint density at radius 3 is 2.90 bits per heavy atom. The molecule has 0 aliphatic heterocycles. The van der Waals surface area contributed by atoms with Gasteiger partial charge in [-0.2, -0.15) is 0 Å². The molecule has 0 spiro atoms. The van der Waals surface area contributed by atoms with E-state index < -0.39 is 5.91 Å². The molecule has 2 unspecified atom stereocenters. The number of ether oxygens (including phenoxy) is 1. The van der Waals surface area contributed by atoms with Gasteiger partial charge in [0, 0.05) is 17.2 Å². The molecule has 0 bridgehead atoms. The van der Waals surface area contributed by atoms with E-state index in [0.717, 1.165) is 19.3 Å². The number of nitrogens with one attached hydrogen (secondary N) is 1. The summed E-state index contributed by atoms with van der Waals surface area (Å²) in [7, 11) is 1.92. The predicted molar refractivity (Wildman–Crippen MR) is 74.8 cm³/mol. The molecule has 1 aromatic rings. The van der Waals surface area contributed by atoms with E-state index >= 15 is 0 Å². The molecule has 0 heterocycles. The Bertz CT molecular complexity index is 479. The quantitative estimate of drug-likeness (QED) is 0.866. The van der Waals surface area contributed by atoms with Crippen molar-refractivity contribution in [1.82, 2.24) is 5.32 Å². The fraction of sp³-hybridized carbons (Fsp3) is 0.533. The molecule has 5 heteroatoms. The molecule has 1 aliphatic rings. The summed E-state index contributed by atoms with van der Waals surface area (Å²) in [6.45, 7) is 0.163. The monoisotopic (exact) mass is 280 g/mol. The van der Waals surface area contributed by atoms with E-state index in [4.69, 9.17) is 10.5 Å². The number of carbonyl (C=O) groups excluding carboxylic acids is 1. The second-order valence-electron chi connectivity index (χ2n) is 5.20. The lowest BCUT2D eigenvalue weighted by molar-refractivity contribution is -0.00471. The number of halogens is 1. The van der Waals surface area contributed by atoms with Gasteiger partial charge in [0.1, 0.15) is 5.82 Å². The Morgan fingerprint density at radius 1 is 1.45 bits per heavy atom. The van der Waals surface area contributed by atoms with Crippen molar-refractivity contribution in [3.8, 4) is 0 Å². The Hall–Kier alpha value is -1.46. The molecule has 0 radical (unpaired) electrons. The summed E-state index contributed by atoms with van der Waals surface area (Å²) < 4.78 is 19.6. The van der Waals surface area contributed by atoms with Crippen molar-refractivity contribution in [3.63, 3.8) is 0 Å². The van der Waals surface area contributed by atoms with Gasteiger partial charge in [0.05, 0.1) is 12.7 Å². The average molecular weight is 280 g/mol. The van der Waals surface area contributed by atoms with E-state index in [0.29, 0.717) is 17.2 Å². The minimum Gasteiger partial charge on any atom is -0.372 e. The van der Waals surface area contributed by atoms with Crippen LogP contribution in [0.15, 0.2) is 18.2 Å². The van der Waals surface area contributed by atoms with Crippen molar-refractivity contribution < 1.29 is 13.9 Å². The van der Waals surface area contributed by atoms with Crippen LogP contribution in [0.2, 0.25) is 0 Å². The molecule has 1 amide bonds. The van der Waals surface area contributed by atoms with Crippen molar-refractivity contribution in [2.45, 2.75) is 44.4 Å². The van der Waals surface area contributed by atoms with Crippen LogP contribution in [0.3, 0.4) is 0 Å². The molecule has 0 aromatic heterocycles. The van der Waals surface area contributed by atoms with Crippen LogP contribution in [0.1, 0.15) is 41.6 Å². The number of hydrogen-bond donors (Lipinski definition) is 2. The van der Waals surface area contributed by atoms with Crippen molar-refractivity contribution >= 4 is 5.91 Å². The van der Waals surface area contributed by atoms with Gasteiger partial charge in [0.25, 0.3) is 0 Å². The number of carbonyl (C=O) groups is 1. The first-order chi connectivity index (χ1) is 9.61. The van der Waals surface area contributed by atoms with Crippen LogP contribution in [0.4, 0.5) is 4.39 Å². The first-order valence-electron chi connectivity index (χ1n) is 6.99. The van der Waals surface area contributed by atoms with Gasteiger partial charge >= 0.3 is 0 Å². The number of benzene rings is 1. The topological polar surface area (TPSA) is 64.3 Å². The highest BCUT2D eigenvalue weighted by Crippen LogP contribution is 2.23. The third-order valence-electron chi connectivity index (χ3n) is 3.86. The normalized spacial score (nSPS) is 22.7. The van der Waals surface area contributed by atoms with Crippen molar-refractivity contribution in [2.24, 2.45) is 5.73 Å². The van der Waals surface area contributed by atoms with E-state index in [1.165, 1.54) is 24.6 Å². The molecule has 1 aromatic carbocycles. The third-order valence-corrected chi connectivity index (χ3v) is 3.86. The van der Waals surface area contributed by atoms with Crippen LogP contribution < -0.4 is 11.1 Å². The molecule has 2 rings (SSSR count). The Kier molecular flexibility index (Phi) is 5.09. The molecule has 1 saturated carbocycles. The fourth-order valence-electron chi connectivity index (χ4n) is 2.66. The average Bonchev–Trinajstić information content (AvgIpc) is 2.46. The lowest BCUT2D eigenvalue weighted by Crippen LogP contribution is -2.41. The van der Waals surface area contributed by atoms with Crippen LogP contribution >= 0.6 is 0 Å². The zero-order valence-corrected chi connectivity index (χ0v) is 11.7. The summed E-state index contributed by atoms with van der Waals surface area (Å²) >= 11 is 0. The highest BCUT2D eigenvalue weighted by molar-refractivity contribution is 5.92. The molecule has 2 atom stereocenters. The highest BCUT2D eigenvalue weighted by atomic mass is 19.1. The lowest BCUT2D eigenvalue weighted by Gasteiger charge is -2.31. The first kappa shape index (κ1) is 14.9. The van der Waals surface area contributed by atoms with E-state index in [1.807, 2.05) is 7.05 Å². The second kappa shape index (κ2) is 6.81. The standard InChI is InChI=1S/C15H21FN2O2/c1-18-13-4-2-3-5-14(13)20-9-11-8-10(15(17)19)6-7-12(11)16/h6-8,13-14,18H,2-5,9H2,1H3,(H2,17,19). The van der Waals surface area contributed by atoms with Crippen LogP contribution in [0, 0.1) is 5.82 Å². The molecule has 0 saturated heterocycles. The van der Waals surface area contributed by atoms with Crippen LogP contribution in [-0.2, 0) is 11.3 Å². The Balaban J connectivity index is 2.02. The summed E-state index contributed by atoms with van der Waals surface area (Å²) in [6, 6.07) is 4.42. The number of hydrogen-bond acceptors (Lipinski definition) is 3. The number of amides is 1. The smallest absolute Gasteiger partial charge is 0.248 e. The number of nitrogens with two attached hydrogens (primary N) is 1. The van der Waals surface area contributed by atoms with Gasteiger partial charge in [-0.1, -0.05) is 12.8 Å². The Morgan fingerprint density at radius 2 is 2.20 bits per heavy atom. The van der Waals surface area contributed by atoms with Crippen LogP contribution in [-0.4, -0.2) is 25.1 Å². The fourth-order valence-corrected chi connectivity index (χ4v) is 2.66.